The van der Waals surface area contributed by atoms with Crippen LogP contribution in [0.4, 0.5) is 4.39 Å². The number of nitrogens with one attached hydrogen (secondary N) is 1. The van der Waals surface area contributed by atoms with Crippen LogP contribution in [0.1, 0.15) is 45.1 Å². The highest BCUT2D eigenvalue weighted by Crippen LogP contribution is 2.35. The molecule has 1 aromatic rings. The molecule has 0 bridgehead atoms. The minimum Gasteiger partial charge on any atom is -0.381 e. The van der Waals surface area contributed by atoms with Crippen molar-refractivity contribution in [3.63, 3.8) is 0 Å². The van der Waals surface area contributed by atoms with Gasteiger partial charge < -0.3 is 15.0 Å². The van der Waals surface area contributed by atoms with Crippen LogP contribution in [0, 0.1) is 5.82 Å². The molecule has 1 N–H and O–H groups in total. The van der Waals surface area contributed by atoms with E-state index in [1.165, 1.54) is 6.42 Å². The number of unbranched alkanes of at least 4 members (excludes halogenated alkanes) is 1. The summed E-state index contributed by atoms with van der Waals surface area (Å²) in [6, 6.07) is 6.91. The van der Waals surface area contributed by atoms with E-state index in [0.717, 1.165) is 57.1 Å². The summed E-state index contributed by atoms with van der Waals surface area (Å²) in [7, 11) is 2.09. The second-order valence-corrected chi connectivity index (χ2v) is 6.84. The van der Waals surface area contributed by atoms with Crippen LogP contribution in [0.25, 0.3) is 0 Å². The molecule has 0 amide bonds. The Hall–Kier alpha value is -0.890. The predicted octanol–water partition coefficient (Wildman–Crippen LogP) is 4.19. The molecule has 1 heterocycles. The van der Waals surface area contributed by atoms with Crippen LogP contribution in [0.15, 0.2) is 29.3 Å². The molecule has 148 valence electrons. The summed E-state index contributed by atoms with van der Waals surface area (Å²) in [5.41, 5.74) is 1.09. The van der Waals surface area contributed by atoms with E-state index in [1.807, 2.05) is 12.1 Å². The first-order valence-electron chi connectivity index (χ1n) is 9.44. The Balaban J connectivity index is 0.00000338. The molecule has 0 radical (unpaired) electrons. The van der Waals surface area contributed by atoms with Crippen LogP contribution in [0.5, 0.6) is 0 Å². The van der Waals surface area contributed by atoms with Crippen LogP contribution < -0.4 is 5.32 Å². The van der Waals surface area contributed by atoms with Crippen molar-refractivity contribution in [3.05, 3.63) is 35.6 Å². The van der Waals surface area contributed by atoms with Gasteiger partial charge in [-0.15, -0.1) is 24.0 Å². The molecule has 1 aliphatic rings. The zero-order valence-corrected chi connectivity index (χ0v) is 18.6. The SMILES string of the molecule is CCCCN(C)C(=NCC1(c2ccc(F)cc2)CCOCC1)NCC.I. The Morgan fingerprint density at radius 1 is 1.23 bits per heavy atom. The third-order valence-corrected chi connectivity index (χ3v) is 4.98. The molecular formula is C20H33FIN3O. The van der Waals surface area contributed by atoms with Crippen molar-refractivity contribution >= 4 is 29.9 Å². The third kappa shape index (κ3) is 6.37. The molecule has 0 spiro atoms. The summed E-state index contributed by atoms with van der Waals surface area (Å²) in [5.74, 6) is 0.756. The van der Waals surface area contributed by atoms with E-state index in [9.17, 15) is 4.39 Å². The lowest BCUT2D eigenvalue weighted by molar-refractivity contribution is 0.0530. The minimum absolute atomic E-state index is 0. The Kier molecular flexibility index (Phi) is 10.5. The fraction of sp³-hybridized carbons (Fsp3) is 0.650. The van der Waals surface area contributed by atoms with Crippen molar-refractivity contribution < 1.29 is 9.13 Å². The monoisotopic (exact) mass is 477 g/mol. The van der Waals surface area contributed by atoms with Crippen LogP contribution in [-0.4, -0.2) is 50.8 Å². The molecule has 0 aromatic heterocycles. The van der Waals surface area contributed by atoms with E-state index in [1.54, 1.807) is 12.1 Å². The Labute approximate surface area is 174 Å². The molecule has 0 aliphatic carbocycles. The predicted molar refractivity (Wildman–Crippen MR) is 117 cm³/mol. The number of hydrogen-bond acceptors (Lipinski definition) is 2. The van der Waals surface area contributed by atoms with Crippen LogP contribution in [0.2, 0.25) is 0 Å². The molecule has 0 atom stereocenters. The number of halogens is 2. The highest BCUT2D eigenvalue weighted by Gasteiger charge is 2.34. The van der Waals surface area contributed by atoms with Crippen molar-refractivity contribution in [2.75, 3.05) is 39.9 Å². The molecule has 4 nitrogen and oxygen atoms in total. The summed E-state index contributed by atoms with van der Waals surface area (Å²) in [6.07, 6.45) is 4.15. The zero-order valence-electron chi connectivity index (χ0n) is 16.3. The van der Waals surface area contributed by atoms with E-state index in [4.69, 9.17) is 9.73 Å². The maximum atomic E-state index is 13.3. The van der Waals surface area contributed by atoms with Gasteiger partial charge in [-0.05, 0) is 43.9 Å². The number of aliphatic imine (C=N–C) groups is 1. The average Bonchev–Trinajstić information content (AvgIpc) is 2.64. The smallest absolute Gasteiger partial charge is 0.193 e. The number of guanidine groups is 1. The van der Waals surface area contributed by atoms with Gasteiger partial charge in [0.05, 0.1) is 6.54 Å². The van der Waals surface area contributed by atoms with Gasteiger partial charge in [-0.25, -0.2) is 4.39 Å². The quantitative estimate of drug-likeness (QED) is 0.364. The van der Waals surface area contributed by atoms with Gasteiger partial charge in [0.2, 0.25) is 0 Å². The molecule has 6 heteroatoms. The standard InChI is InChI=1S/C20H32FN3O.HI/c1-4-6-13-24(3)19(22-5-2)23-16-20(11-14-25-15-12-20)17-7-9-18(21)10-8-17;/h7-10H,4-6,11-16H2,1-3H3,(H,22,23);1H. The highest BCUT2D eigenvalue weighted by atomic mass is 127. The number of rotatable bonds is 7. The van der Waals surface area contributed by atoms with E-state index in [0.29, 0.717) is 6.54 Å². The third-order valence-electron chi connectivity index (χ3n) is 4.98. The van der Waals surface area contributed by atoms with Gasteiger partial charge in [0.15, 0.2) is 5.96 Å². The first-order valence-corrected chi connectivity index (χ1v) is 9.44. The van der Waals surface area contributed by atoms with Crippen molar-refractivity contribution in [2.45, 2.75) is 44.9 Å². The van der Waals surface area contributed by atoms with Crippen molar-refractivity contribution in [2.24, 2.45) is 4.99 Å². The molecule has 0 saturated carbocycles. The molecule has 1 saturated heterocycles. The van der Waals surface area contributed by atoms with E-state index in [2.05, 4.69) is 31.1 Å². The average molecular weight is 477 g/mol. The minimum atomic E-state index is -0.193. The molecular weight excluding hydrogens is 444 g/mol. The Morgan fingerprint density at radius 2 is 1.88 bits per heavy atom. The molecule has 1 fully saturated rings. The number of benzene rings is 1. The molecule has 26 heavy (non-hydrogen) atoms. The van der Waals surface area contributed by atoms with Crippen molar-refractivity contribution in [1.82, 2.24) is 10.2 Å². The summed E-state index contributed by atoms with van der Waals surface area (Å²) in [6.45, 7) is 8.29. The van der Waals surface area contributed by atoms with Gasteiger partial charge in [0.25, 0.3) is 0 Å². The van der Waals surface area contributed by atoms with E-state index >= 15 is 0 Å². The van der Waals surface area contributed by atoms with Gasteiger partial charge in [-0.2, -0.15) is 0 Å². The zero-order chi connectivity index (χ0) is 18.1. The largest absolute Gasteiger partial charge is 0.381 e. The highest BCUT2D eigenvalue weighted by molar-refractivity contribution is 14.0. The number of ether oxygens (including phenoxy) is 1. The Bertz CT molecular complexity index is 544. The summed E-state index contributed by atoms with van der Waals surface area (Å²) >= 11 is 0. The number of nitrogens with zero attached hydrogens (tertiary/aromatic N) is 2. The molecule has 1 aromatic carbocycles. The summed E-state index contributed by atoms with van der Waals surface area (Å²) in [4.78, 5) is 7.14. The van der Waals surface area contributed by atoms with Gasteiger partial charge in [-0.3, -0.25) is 4.99 Å². The van der Waals surface area contributed by atoms with Gasteiger partial charge in [-0.1, -0.05) is 25.5 Å². The first kappa shape index (κ1) is 23.1. The van der Waals surface area contributed by atoms with Crippen LogP contribution in [-0.2, 0) is 10.2 Å². The fourth-order valence-electron chi connectivity index (χ4n) is 3.30. The van der Waals surface area contributed by atoms with Gasteiger partial charge >= 0.3 is 0 Å². The van der Waals surface area contributed by atoms with Crippen molar-refractivity contribution in [3.8, 4) is 0 Å². The number of hydrogen-bond donors (Lipinski definition) is 1. The Morgan fingerprint density at radius 3 is 2.46 bits per heavy atom. The van der Waals surface area contributed by atoms with Crippen LogP contribution >= 0.6 is 24.0 Å². The maximum Gasteiger partial charge on any atom is 0.193 e. The topological polar surface area (TPSA) is 36.9 Å². The second-order valence-electron chi connectivity index (χ2n) is 6.84. The summed E-state index contributed by atoms with van der Waals surface area (Å²) in [5, 5.41) is 3.39. The van der Waals surface area contributed by atoms with Crippen molar-refractivity contribution in [1.29, 1.82) is 0 Å². The molecule has 1 aliphatic heterocycles. The molecule has 0 unspecified atom stereocenters. The second kappa shape index (κ2) is 11.7. The van der Waals surface area contributed by atoms with E-state index in [-0.39, 0.29) is 35.2 Å². The molecule has 2 rings (SSSR count). The summed E-state index contributed by atoms with van der Waals surface area (Å²) < 4.78 is 18.9. The first-order chi connectivity index (χ1) is 12.1. The fourth-order valence-corrected chi connectivity index (χ4v) is 3.30. The lowest BCUT2D eigenvalue weighted by Crippen LogP contribution is -2.42. The van der Waals surface area contributed by atoms with Gasteiger partial charge in [0, 0.05) is 38.8 Å². The maximum absolute atomic E-state index is 13.3. The van der Waals surface area contributed by atoms with E-state index < -0.39 is 0 Å². The van der Waals surface area contributed by atoms with Gasteiger partial charge in [0.1, 0.15) is 5.82 Å². The normalized spacial score (nSPS) is 16.7. The lowest BCUT2D eigenvalue weighted by atomic mass is 9.74. The van der Waals surface area contributed by atoms with Crippen LogP contribution in [0.3, 0.4) is 0 Å². The lowest BCUT2D eigenvalue weighted by Gasteiger charge is -2.37.